The van der Waals surface area contributed by atoms with Crippen LogP contribution in [-0.2, 0) is 9.59 Å². The van der Waals surface area contributed by atoms with Gasteiger partial charge in [0.15, 0.2) is 13.2 Å². The fourth-order valence-electron chi connectivity index (χ4n) is 1.95. The first-order valence-corrected chi connectivity index (χ1v) is 7.91. The van der Waals surface area contributed by atoms with Crippen LogP contribution in [0.15, 0.2) is 42.5 Å². The highest BCUT2D eigenvalue weighted by atomic mass is 16.5. The molecule has 2 N–H and O–H groups in total. The number of carbonyl (C=O) groups excluding carboxylic acids is 2. The Kier molecular flexibility index (Phi) is 6.39. The van der Waals surface area contributed by atoms with E-state index in [1.165, 1.54) is 0 Å². The summed E-state index contributed by atoms with van der Waals surface area (Å²) < 4.78 is 10.7. The molecule has 6 heteroatoms. The van der Waals surface area contributed by atoms with Crippen LogP contribution in [0.25, 0.3) is 0 Å². The second kappa shape index (κ2) is 8.73. The van der Waals surface area contributed by atoms with E-state index >= 15 is 0 Å². The summed E-state index contributed by atoms with van der Waals surface area (Å²) in [5.74, 6) is 0.277. The van der Waals surface area contributed by atoms with Gasteiger partial charge in [-0.15, -0.1) is 0 Å². The third-order valence-electron chi connectivity index (χ3n) is 3.58. The van der Waals surface area contributed by atoms with Crippen molar-refractivity contribution in [2.45, 2.75) is 20.8 Å². The largest absolute Gasteiger partial charge is 0.484 e. The fourth-order valence-corrected chi connectivity index (χ4v) is 1.95. The standard InChI is InChI=1S/C19H22N2O4/c1-13-4-7-16(8-5-13)24-11-18(22)20-21-19(23)12-25-17-9-6-14(2)15(3)10-17/h4-10H,11-12H2,1-3H3,(H,20,22)(H,21,23). The third-order valence-corrected chi connectivity index (χ3v) is 3.58. The highest BCUT2D eigenvalue weighted by Gasteiger charge is 2.07. The zero-order chi connectivity index (χ0) is 18.2. The van der Waals surface area contributed by atoms with Crippen LogP contribution in [0.1, 0.15) is 16.7 Å². The number of rotatable bonds is 6. The molecule has 0 unspecified atom stereocenters. The lowest BCUT2D eigenvalue weighted by Gasteiger charge is -2.10. The summed E-state index contributed by atoms with van der Waals surface area (Å²) in [5.41, 5.74) is 7.90. The van der Waals surface area contributed by atoms with Crippen molar-refractivity contribution < 1.29 is 19.1 Å². The molecule has 2 aromatic rings. The van der Waals surface area contributed by atoms with Gasteiger partial charge >= 0.3 is 0 Å². The lowest BCUT2D eigenvalue weighted by atomic mass is 10.1. The molecule has 6 nitrogen and oxygen atoms in total. The molecule has 25 heavy (non-hydrogen) atoms. The number of hydrazine groups is 1. The van der Waals surface area contributed by atoms with Crippen LogP contribution >= 0.6 is 0 Å². The SMILES string of the molecule is Cc1ccc(OCC(=O)NNC(=O)COc2ccc(C)c(C)c2)cc1. The first-order chi connectivity index (χ1) is 11.9. The van der Waals surface area contributed by atoms with Gasteiger partial charge < -0.3 is 9.47 Å². The highest BCUT2D eigenvalue weighted by Crippen LogP contribution is 2.16. The lowest BCUT2D eigenvalue weighted by molar-refractivity contribution is -0.131. The van der Waals surface area contributed by atoms with Gasteiger partial charge in [-0.2, -0.15) is 0 Å². The van der Waals surface area contributed by atoms with Gasteiger partial charge in [-0.25, -0.2) is 0 Å². The molecular formula is C19H22N2O4. The lowest BCUT2D eigenvalue weighted by Crippen LogP contribution is -2.45. The predicted molar refractivity (Wildman–Crippen MR) is 94.4 cm³/mol. The Balaban J connectivity index is 1.67. The van der Waals surface area contributed by atoms with Crippen molar-refractivity contribution in [3.8, 4) is 11.5 Å². The molecule has 0 heterocycles. The van der Waals surface area contributed by atoms with Crippen molar-refractivity contribution in [3.05, 3.63) is 59.2 Å². The number of nitrogens with one attached hydrogen (secondary N) is 2. The minimum atomic E-state index is -0.458. The molecule has 132 valence electrons. The molecule has 0 aliphatic heterocycles. The Morgan fingerprint density at radius 1 is 0.760 bits per heavy atom. The number of carbonyl (C=O) groups is 2. The Hall–Kier alpha value is -3.02. The Morgan fingerprint density at radius 3 is 1.84 bits per heavy atom. The van der Waals surface area contributed by atoms with E-state index in [-0.39, 0.29) is 13.2 Å². The first kappa shape index (κ1) is 18.3. The van der Waals surface area contributed by atoms with Crippen LogP contribution in [0.3, 0.4) is 0 Å². The van der Waals surface area contributed by atoms with E-state index in [0.717, 1.165) is 16.7 Å². The van der Waals surface area contributed by atoms with Crippen LogP contribution in [-0.4, -0.2) is 25.0 Å². The molecule has 0 bridgehead atoms. The van der Waals surface area contributed by atoms with Gasteiger partial charge in [0.1, 0.15) is 11.5 Å². The normalized spacial score (nSPS) is 10.0. The number of benzene rings is 2. The number of hydrogen-bond donors (Lipinski definition) is 2. The molecule has 0 radical (unpaired) electrons. The minimum Gasteiger partial charge on any atom is -0.484 e. The maximum atomic E-state index is 11.7. The second-order valence-electron chi connectivity index (χ2n) is 5.73. The van der Waals surface area contributed by atoms with Crippen molar-refractivity contribution in [1.29, 1.82) is 0 Å². The molecule has 2 rings (SSSR count). The minimum absolute atomic E-state index is 0.193. The van der Waals surface area contributed by atoms with E-state index in [0.29, 0.717) is 11.5 Å². The maximum Gasteiger partial charge on any atom is 0.276 e. The van der Waals surface area contributed by atoms with Crippen LogP contribution < -0.4 is 20.3 Å². The van der Waals surface area contributed by atoms with Crippen molar-refractivity contribution in [2.75, 3.05) is 13.2 Å². The number of aryl methyl sites for hydroxylation is 3. The van der Waals surface area contributed by atoms with Gasteiger partial charge in [-0.05, 0) is 56.2 Å². The van der Waals surface area contributed by atoms with Crippen molar-refractivity contribution in [2.24, 2.45) is 0 Å². The van der Waals surface area contributed by atoms with Crippen LogP contribution in [0.5, 0.6) is 11.5 Å². The Morgan fingerprint density at radius 2 is 1.28 bits per heavy atom. The molecule has 0 saturated heterocycles. The quantitative estimate of drug-likeness (QED) is 0.789. The molecule has 0 aromatic heterocycles. The summed E-state index contributed by atoms with van der Waals surface area (Å²) in [6.45, 7) is 5.55. The van der Waals surface area contributed by atoms with Crippen molar-refractivity contribution >= 4 is 11.8 Å². The van der Waals surface area contributed by atoms with Crippen molar-refractivity contribution in [1.82, 2.24) is 10.9 Å². The second-order valence-corrected chi connectivity index (χ2v) is 5.73. The topological polar surface area (TPSA) is 76.7 Å². The van der Waals surface area contributed by atoms with Gasteiger partial charge in [0, 0.05) is 0 Å². The van der Waals surface area contributed by atoms with Crippen LogP contribution in [0.4, 0.5) is 0 Å². The zero-order valence-corrected chi connectivity index (χ0v) is 14.6. The van der Waals surface area contributed by atoms with Gasteiger partial charge in [0.05, 0.1) is 0 Å². The monoisotopic (exact) mass is 342 g/mol. The van der Waals surface area contributed by atoms with Crippen molar-refractivity contribution in [3.63, 3.8) is 0 Å². The molecule has 0 fully saturated rings. The Labute approximate surface area is 147 Å². The number of amides is 2. The molecule has 0 aliphatic carbocycles. The molecule has 0 aliphatic rings. The van der Waals surface area contributed by atoms with Gasteiger partial charge in [-0.3, -0.25) is 20.4 Å². The fraction of sp³-hybridized carbons (Fsp3) is 0.263. The summed E-state index contributed by atoms with van der Waals surface area (Å²) in [6, 6.07) is 12.9. The van der Waals surface area contributed by atoms with Gasteiger partial charge in [0.25, 0.3) is 11.8 Å². The van der Waals surface area contributed by atoms with Crippen LogP contribution in [0, 0.1) is 20.8 Å². The maximum absolute atomic E-state index is 11.7. The zero-order valence-electron chi connectivity index (χ0n) is 14.6. The predicted octanol–water partition coefficient (Wildman–Crippen LogP) is 2.22. The first-order valence-electron chi connectivity index (χ1n) is 7.91. The molecule has 2 amide bonds. The van der Waals surface area contributed by atoms with E-state index in [2.05, 4.69) is 10.9 Å². The summed E-state index contributed by atoms with van der Waals surface area (Å²) in [6.07, 6.45) is 0. The average Bonchev–Trinajstić information content (AvgIpc) is 2.60. The average molecular weight is 342 g/mol. The number of hydrogen-bond acceptors (Lipinski definition) is 4. The van der Waals surface area contributed by atoms with E-state index in [9.17, 15) is 9.59 Å². The molecule has 2 aromatic carbocycles. The summed E-state index contributed by atoms with van der Waals surface area (Å²) in [7, 11) is 0. The third kappa shape index (κ3) is 6.18. The van der Waals surface area contributed by atoms with Crippen LogP contribution in [0.2, 0.25) is 0 Å². The Bertz CT molecular complexity index is 742. The molecular weight excluding hydrogens is 320 g/mol. The van der Waals surface area contributed by atoms with E-state index in [1.54, 1.807) is 18.2 Å². The molecule has 0 saturated carbocycles. The summed E-state index contributed by atoms with van der Waals surface area (Å²) in [5, 5.41) is 0. The smallest absolute Gasteiger partial charge is 0.276 e. The van der Waals surface area contributed by atoms with Gasteiger partial charge in [0.2, 0.25) is 0 Å². The van der Waals surface area contributed by atoms with E-state index in [1.807, 2.05) is 45.0 Å². The molecule has 0 atom stereocenters. The number of ether oxygens (including phenoxy) is 2. The molecule has 0 spiro atoms. The summed E-state index contributed by atoms with van der Waals surface area (Å²) in [4.78, 5) is 23.3. The van der Waals surface area contributed by atoms with E-state index in [4.69, 9.17) is 9.47 Å². The summed E-state index contributed by atoms with van der Waals surface area (Å²) >= 11 is 0. The van der Waals surface area contributed by atoms with E-state index < -0.39 is 11.8 Å². The highest BCUT2D eigenvalue weighted by molar-refractivity contribution is 5.83. The van der Waals surface area contributed by atoms with Gasteiger partial charge in [-0.1, -0.05) is 23.8 Å².